The van der Waals surface area contributed by atoms with Crippen molar-refractivity contribution in [1.29, 1.82) is 0 Å². The number of amides is 3. The molecule has 0 bridgehead atoms. The molecule has 5 nitrogen and oxygen atoms in total. The normalized spacial score (nSPS) is 27.9. The maximum atomic E-state index is 11.3. The first kappa shape index (κ1) is 11.3. The van der Waals surface area contributed by atoms with Crippen LogP contribution in [-0.4, -0.2) is 31.1 Å². The van der Waals surface area contributed by atoms with E-state index in [1.54, 1.807) is 0 Å². The van der Waals surface area contributed by atoms with E-state index in [4.69, 9.17) is 0 Å². The highest BCUT2D eigenvalue weighted by atomic mass is 35.5. The summed E-state index contributed by atoms with van der Waals surface area (Å²) in [6, 6.07) is -0.650. The Kier molecular flexibility index (Phi) is 3.71. The topological polar surface area (TPSA) is 70.2 Å². The highest BCUT2D eigenvalue weighted by molar-refractivity contribution is 6.04. The molecular formula is C8H14ClN3O2. The second kappa shape index (κ2) is 4.61. The van der Waals surface area contributed by atoms with Gasteiger partial charge in [0.15, 0.2) is 0 Å². The first-order valence-corrected chi connectivity index (χ1v) is 4.59. The van der Waals surface area contributed by atoms with Gasteiger partial charge in [-0.2, -0.15) is 0 Å². The van der Waals surface area contributed by atoms with Gasteiger partial charge in [-0.3, -0.25) is 10.1 Å². The van der Waals surface area contributed by atoms with Crippen molar-refractivity contribution in [3.05, 3.63) is 0 Å². The fourth-order valence-electron chi connectivity index (χ4n) is 1.94. The van der Waals surface area contributed by atoms with Crippen molar-refractivity contribution in [3.63, 3.8) is 0 Å². The molecule has 0 aromatic carbocycles. The molecule has 14 heavy (non-hydrogen) atoms. The van der Waals surface area contributed by atoms with Crippen molar-refractivity contribution in [2.24, 2.45) is 5.92 Å². The van der Waals surface area contributed by atoms with E-state index in [-0.39, 0.29) is 30.4 Å². The van der Waals surface area contributed by atoms with Crippen LogP contribution in [0.15, 0.2) is 0 Å². The average Bonchev–Trinajstić information content (AvgIpc) is 2.47. The molecule has 0 spiro atoms. The molecule has 6 heteroatoms. The second-order valence-electron chi connectivity index (χ2n) is 3.53. The molecule has 0 aliphatic carbocycles. The first-order chi connectivity index (χ1) is 6.27. The number of nitrogens with one attached hydrogen (secondary N) is 3. The smallest absolute Gasteiger partial charge is 0.322 e. The molecule has 2 rings (SSSR count). The Bertz CT molecular complexity index is 241. The summed E-state index contributed by atoms with van der Waals surface area (Å²) in [5.74, 6) is 0.129. The van der Waals surface area contributed by atoms with Crippen LogP contribution in [0.1, 0.15) is 12.8 Å². The van der Waals surface area contributed by atoms with Gasteiger partial charge in [0.2, 0.25) is 0 Å². The number of imide groups is 1. The molecule has 1 unspecified atom stereocenters. The molecule has 3 N–H and O–H groups in total. The van der Waals surface area contributed by atoms with Crippen LogP contribution < -0.4 is 16.0 Å². The summed E-state index contributed by atoms with van der Waals surface area (Å²) in [4.78, 5) is 22.1. The van der Waals surface area contributed by atoms with Gasteiger partial charge < -0.3 is 10.6 Å². The lowest BCUT2D eigenvalue weighted by atomic mass is 9.90. The highest BCUT2D eigenvalue weighted by Crippen LogP contribution is 2.18. The SMILES string of the molecule is Cl.O=C1NC(=O)C(C2CCNCC2)N1. The van der Waals surface area contributed by atoms with Crippen LogP contribution >= 0.6 is 12.4 Å². The van der Waals surface area contributed by atoms with Crippen molar-refractivity contribution < 1.29 is 9.59 Å². The van der Waals surface area contributed by atoms with Crippen LogP contribution in [0.3, 0.4) is 0 Å². The van der Waals surface area contributed by atoms with E-state index in [9.17, 15) is 9.59 Å². The summed E-state index contributed by atoms with van der Waals surface area (Å²) in [6.07, 6.45) is 1.91. The Morgan fingerprint density at radius 2 is 1.79 bits per heavy atom. The third kappa shape index (κ3) is 2.16. The Hall–Kier alpha value is -0.810. The van der Waals surface area contributed by atoms with Crippen molar-refractivity contribution in [2.75, 3.05) is 13.1 Å². The zero-order valence-electron chi connectivity index (χ0n) is 7.71. The minimum Gasteiger partial charge on any atom is -0.326 e. The van der Waals surface area contributed by atoms with Crippen LogP contribution in [0.4, 0.5) is 4.79 Å². The third-order valence-corrected chi connectivity index (χ3v) is 2.66. The predicted molar refractivity (Wildman–Crippen MR) is 53.3 cm³/mol. The number of piperidine rings is 1. The molecule has 2 aliphatic heterocycles. The van der Waals surface area contributed by atoms with Gasteiger partial charge in [-0.25, -0.2) is 4.79 Å². The molecule has 80 valence electrons. The molecule has 2 heterocycles. The molecule has 0 saturated carbocycles. The molecular weight excluding hydrogens is 206 g/mol. The Morgan fingerprint density at radius 3 is 2.29 bits per heavy atom. The lowest BCUT2D eigenvalue weighted by molar-refractivity contribution is -0.121. The van der Waals surface area contributed by atoms with Gasteiger partial charge in [0.1, 0.15) is 6.04 Å². The Labute approximate surface area is 88.4 Å². The maximum absolute atomic E-state index is 11.3. The summed E-state index contributed by atoms with van der Waals surface area (Å²) in [6.45, 7) is 1.87. The van der Waals surface area contributed by atoms with Gasteiger partial charge in [0, 0.05) is 0 Å². The Morgan fingerprint density at radius 1 is 1.14 bits per heavy atom. The molecule has 2 aliphatic rings. The van der Waals surface area contributed by atoms with Crippen molar-refractivity contribution in [1.82, 2.24) is 16.0 Å². The zero-order chi connectivity index (χ0) is 9.26. The molecule has 0 aromatic heterocycles. The quantitative estimate of drug-likeness (QED) is 0.527. The number of urea groups is 1. The van der Waals surface area contributed by atoms with Gasteiger partial charge in [0.25, 0.3) is 5.91 Å². The number of rotatable bonds is 1. The van der Waals surface area contributed by atoms with Crippen LogP contribution in [0, 0.1) is 5.92 Å². The molecule has 1 atom stereocenters. The summed E-state index contributed by atoms with van der Waals surface area (Å²) in [7, 11) is 0. The molecule has 0 radical (unpaired) electrons. The fraction of sp³-hybridized carbons (Fsp3) is 0.750. The average molecular weight is 220 g/mol. The lowest BCUT2D eigenvalue weighted by Gasteiger charge is -2.25. The van der Waals surface area contributed by atoms with E-state index in [0.29, 0.717) is 5.92 Å². The van der Waals surface area contributed by atoms with Gasteiger partial charge >= 0.3 is 6.03 Å². The second-order valence-corrected chi connectivity index (χ2v) is 3.53. The summed E-state index contributed by atoms with van der Waals surface area (Å²) < 4.78 is 0. The monoisotopic (exact) mass is 219 g/mol. The van der Waals surface area contributed by atoms with Gasteiger partial charge in [0.05, 0.1) is 0 Å². The first-order valence-electron chi connectivity index (χ1n) is 4.59. The predicted octanol–water partition coefficient (Wildman–Crippen LogP) is -0.384. The van der Waals surface area contributed by atoms with Crippen molar-refractivity contribution in [3.8, 4) is 0 Å². The molecule has 2 saturated heterocycles. The van der Waals surface area contributed by atoms with Gasteiger partial charge in [-0.05, 0) is 31.8 Å². The third-order valence-electron chi connectivity index (χ3n) is 2.66. The van der Waals surface area contributed by atoms with Gasteiger partial charge in [-0.15, -0.1) is 12.4 Å². The largest absolute Gasteiger partial charge is 0.326 e. The van der Waals surface area contributed by atoms with E-state index in [1.165, 1.54) is 0 Å². The summed E-state index contributed by atoms with van der Waals surface area (Å²) >= 11 is 0. The zero-order valence-corrected chi connectivity index (χ0v) is 8.52. The highest BCUT2D eigenvalue weighted by Gasteiger charge is 2.36. The fourth-order valence-corrected chi connectivity index (χ4v) is 1.94. The summed E-state index contributed by atoms with van der Waals surface area (Å²) in [5, 5.41) is 8.12. The Balaban J connectivity index is 0.000000980. The van der Waals surface area contributed by atoms with E-state index in [1.807, 2.05) is 0 Å². The van der Waals surface area contributed by atoms with E-state index in [2.05, 4.69) is 16.0 Å². The van der Waals surface area contributed by atoms with E-state index >= 15 is 0 Å². The number of hydrogen-bond acceptors (Lipinski definition) is 3. The number of carbonyl (C=O) groups is 2. The van der Waals surface area contributed by atoms with Crippen LogP contribution in [0.5, 0.6) is 0 Å². The van der Waals surface area contributed by atoms with Crippen LogP contribution in [-0.2, 0) is 4.79 Å². The minimum absolute atomic E-state index is 0. The lowest BCUT2D eigenvalue weighted by Crippen LogP contribution is -2.42. The minimum atomic E-state index is -0.353. The summed E-state index contributed by atoms with van der Waals surface area (Å²) in [5.41, 5.74) is 0. The van der Waals surface area contributed by atoms with E-state index in [0.717, 1.165) is 25.9 Å². The van der Waals surface area contributed by atoms with Gasteiger partial charge in [-0.1, -0.05) is 0 Å². The molecule has 3 amide bonds. The number of hydrogen-bond donors (Lipinski definition) is 3. The van der Waals surface area contributed by atoms with E-state index < -0.39 is 0 Å². The van der Waals surface area contributed by atoms with Crippen molar-refractivity contribution in [2.45, 2.75) is 18.9 Å². The number of halogens is 1. The van der Waals surface area contributed by atoms with Crippen LogP contribution in [0.25, 0.3) is 0 Å². The number of carbonyl (C=O) groups excluding carboxylic acids is 2. The van der Waals surface area contributed by atoms with Crippen LogP contribution in [0.2, 0.25) is 0 Å². The maximum Gasteiger partial charge on any atom is 0.322 e. The molecule has 2 fully saturated rings. The van der Waals surface area contributed by atoms with Crippen molar-refractivity contribution >= 4 is 24.3 Å². The molecule has 0 aromatic rings. The standard InChI is InChI=1S/C8H13N3O2.ClH/c12-7-6(10-8(13)11-7)5-1-3-9-4-2-5;/h5-6,9H,1-4H2,(H2,10,11,12,13);1H.